The van der Waals surface area contributed by atoms with Crippen LogP contribution in [0.1, 0.15) is 13.8 Å². The Morgan fingerprint density at radius 2 is 2.42 bits per heavy atom. The third-order valence-electron chi connectivity index (χ3n) is 1.41. The van der Waals surface area contributed by atoms with E-state index in [9.17, 15) is 0 Å². The molecule has 0 aromatic carbocycles. The van der Waals surface area contributed by atoms with Crippen molar-refractivity contribution < 1.29 is 9.84 Å². The molecule has 71 valence electrons. The Bertz CT molecular complexity index is 134. The van der Waals surface area contributed by atoms with Crippen LogP contribution < -0.4 is 5.32 Å². The van der Waals surface area contributed by atoms with E-state index in [1.807, 2.05) is 19.9 Å². The van der Waals surface area contributed by atoms with Gasteiger partial charge in [-0.25, -0.2) is 0 Å². The van der Waals surface area contributed by atoms with Crippen molar-refractivity contribution in [3.63, 3.8) is 0 Å². The molecule has 0 spiro atoms. The lowest BCUT2D eigenvalue weighted by Gasteiger charge is -2.11. The van der Waals surface area contributed by atoms with Crippen LogP contribution in [-0.4, -0.2) is 31.1 Å². The summed E-state index contributed by atoms with van der Waals surface area (Å²) in [5.74, 6) is 0. The lowest BCUT2D eigenvalue weighted by atomic mass is 10.3. The van der Waals surface area contributed by atoms with Gasteiger partial charge in [0.05, 0.1) is 6.61 Å². The second-order valence-electron chi connectivity index (χ2n) is 2.56. The lowest BCUT2D eigenvalue weighted by molar-refractivity contribution is 0.0731. The number of hydrogen-bond acceptors (Lipinski definition) is 3. The van der Waals surface area contributed by atoms with Crippen LogP contribution in [0.5, 0.6) is 0 Å². The van der Waals surface area contributed by atoms with Crippen LogP contribution in [0, 0.1) is 6.92 Å². The molecular weight excluding hydrogens is 154 g/mol. The van der Waals surface area contributed by atoms with Gasteiger partial charge in [0.25, 0.3) is 0 Å². The summed E-state index contributed by atoms with van der Waals surface area (Å²) in [7, 11) is 0. The van der Waals surface area contributed by atoms with E-state index in [4.69, 9.17) is 9.84 Å². The maximum atomic E-state index is 8.66. The van der Waals surface area contributed by atoms with Crippen LogP contribution >= 0.6 is 0 Å². The molecule has 0 fully saturated rings. The highest BCUT2D eigenvalue weighted by molar-refractivity contribution is 4.98. The van der Waals surface area contributed by atoms with Crippen LogP contribution in [-0.2, 0) is 4.74 Å². The minimum absolute atomic E-state index is 0.109. The summed E-state index contributed by atoms with van der Waals surface area (Å²) >= 11 is 0. The van der Waals surface area contributed by atoms with E-state index in [-0.39, 0.29) is 12.8 Å². The fourth-order valence-electron chi connectivity index (χ4n) is 0.689. The molecule has 3 nitrogen and oxygen atoms in total. The Hall–Kier alpha value is -0.380. The van der Waals surface area contributed by atoms with Crippen molar-refractivity contribution in [2.24, 2.45) is 0 Å². The van der Waals surface area contributed by atoms with E-state index < -0.39 is 0 Å². The van der Waals surface area contributed by atoms with Crippen LogP contribution in [0.2, 0.25) is 0 Å². The number of hydrogen-bond donors (Lipinski definition) is 2. The van der Waals surface area contributed by atoms with Crippen LogP contribution in [0.25, 0.3) is 0 Å². The van der Waals surface area contributed by atoms with Gasteiger partial charge in [0.15, 0.2) is 0 Å². The average molecular weight is 172 g/mol. The van der Waals surface area contributed by atoms with Crippen LogP contribution in [0.3, 0.4) is 0 Å². The molecule has 0 aliphatic rings. The zero-order valence-electron chi connectivity index (χ0n) is 7.84. The number of ether oxygens (including phenoxy) is 1. The second-order valence-corrected chi connectivity index (χ2v) is 2.56. The smallest absolute Gasteiger partial charge is 0.108 e. The summed E-state index contributed by atoms with van der Waals surface area (Å²) in [5.41, 5.74) is 0.950. The first-order valence-electron chi connectivity index (χ1n) is 4.15. The maximum absolute atomic E-state index is 8.66. The first kappa shape index (κ1) is 11.6. The quantitative estimate of drug-likeness (QED) is 0.458. The van der Waals surface area contributed by atoms with Crippen molar-refractivity contribution in [3.05, 3.63) is 18.6 Å². The fraction of sp³-hybridized carbons (Fsp3) is 0.667. The highest BCUT2D eigenvalue weighted by atomic mass is 16.5. The Balaban J connectivity index is 3.41. The largest absolute Gasteiger partial charge is 0.392 e. The summed E-state index contributed by atoms with van der Waals surface area (Å²) in [5, 5.41) is 11.7. The molecule has 0 aromatic rings. The third-order valence-corrected chi connectivity index (χ3v) is 1.41. The molecule has 1 radical (unpaired) electrons. The zero-order valence-corrected chi connectivity index (χ0v) is 7.84. The van der Waals surface area contributed by atoms with Crippen LogP contribution in [0.15, 0.2) is 11.6 Å². The minimum Gasteiger partial charge on any atom is -0.392 e. The van der Waals surface area contributed by atoms with Gasteiger partial charge in [-0.15, -0.1) is 0 Å². The van der Waals surface area contributed by atoms with Gasteiger partial charge in [-0.05, 0) is 20.8 Å². The average Bonchev–Trinajstić information content (AvgIpc) is 2.04. The number of rotatable bonds is 6. The topological polar surface area (TPSA) is 41.5 Å². The first-order valence-corrected chi connectivity index (χ1v) is 4.15. The highest BCUT2D eigenvalue weighted by Gasteiger charge is 1.96. The molecule has 0 bridgehead atoms. The van der Waals surface area contributed by atoms with E-state index in [0.717, 1.165) is 5.57 Å². The van der Waals surface area contributed by atoms with E-state index >= 15 is 0 Å². The molecule has 0 saturated carbocycles. The molecule has 0 saturated heterocycles. The normalized spacial score (nSPS) is 14.8. The van der Waals surface area contributed by atoms with E-state index in [2.05, 4.69) is 12.2 Å². The van der Waals surface area contributed by atoms with Gasteiger partial charge in [0, 0.05) is 13.2 Å². The molecule has 12 heavy (non-hydrogen) atoms. The molecule has 0 aliphatic heterocycles. The minimum atomic E-state index is -0.169. The predicted octanol–water partition coefficient (Wildman–Crippen LogP) is 0.711. The Labute approximate surface area is 74.4 Å². The third kappa shape index (κ3) is 6.34. The zero-order chi connectivity index (χ0) is 9.40. The lowest BCUT2D eigenvalue weighted by Crippen LogP contribution is -2.29. The molecule has 0 heterocycles. The SMILES string of the molecule is [CH2]C(NC/C=C(/C)CO)OCC. The molecule has 0 aromatic heterocycles. The summed E-state index contributed by atoms with van der Waals surface area (Å²) < 4.78 is 5.14. The summed E-state index contributed by atoms with van der Waals surface area (Å²) in [6.07, 6.45) is 1.75. The Morgan fingerprint density at radius 1 is 1.75 bits per heavy atom. The van der Waals surface area contributed by atoms with Crippen molar-refractivity contribution in [1.82, 2.24) is 5.32 Å². The molecule has 0 aliphatic carbocycles. The van der Waals surface area contributed by atoms with Crippen molar-refractivity contribution in [2.45, 2.75) is 20.1 Å². The van der Waals surface area contributed by atoms with Crippen molar-refractivity contribution in [1.29, 1.82) is 0 Å². The molecule has 1 atom stereocenters. The fourth-order valence-corrected chi connectivity index (χ4v) is 0.689. The predicted molar refractivity (Wildman–Crippen MR) is 49.6 cm³/mol. The van der Waals surface area contributed by atoms with Gasteiger partial charge < -0.3 is 9.84 Å². The van der Waals surface area contributed by atoms with Gasteiger partial charge >= 0.3 is 0 Å². The molecule has 1 unspecified atom stereocenters. The second kappa shape index (κ2) is 7.28. The van der Waals surface area contributed by atoms with Gasteiger partial charge in [-0.1, -0.05) is 11.6 Å². The molecule has 0 rings (SSSR count). The van der Waals surface area contributed by atoms with Gasteiger partial charge in [0.1, 0.15) is 6.23 Å². The van der Waals surface area contributed by atoms with Gasteiger partial charge in [-0.3, -0.25) is 5.32 Å². The Morgan fingerprint density at radius 3 is 2.92 bits per heavy atom. The summed E-state index contributed by atoms with van der Waals surface area (Å²) in [4.78, 5) is 0. The molecule has 3 heteroatoms. The first-order chi connectivity index (χ1) is 5.70. The van der Waals surface area contributed by atoms with E-state index in [0.29, 0.717) is 13.2 Å². The maximum Gasteiger partial charge on any atom is 0.108 e. The molecule has 0 amide bonds. The van der Waals surface area contributed by atoms with Crippen molar-refractivity contribution >= 4 is 0 Å². The Kier molecular flexibility index (Phi) is 7.05. The van der Waals surface area contributed by atoms with E-state index in [1.165, 1.54) is 0 Å². The molecular formula is C9H18NO2. The number of aliphatic hydroxyl groups excluding tert-OH is 1. The van der Waals surface area contributed by atoms with Crippen molar-refractivity contribution in [3.8, 4) is 0 Å². The number of aliphatic hydroxyl groups is 1. The van der Waals surface area contributed by atoms with Crippen molar-refractivity contribution in [2.75, 3.05) is 19.8 Å². The highest BCUT2D eigenvalue weighted by Crippen LogP contribution is 1.89. The number of nitrogens with one attached hydrogen (secondary N) is 1. The summed E-state index contributed by atoms with van der Waals surface area (Å²) in [6, 6.07) is 0. The van der Waals surface area contributed by atoms with Gasteiger partial charge in [0.2, 0.25) is 0 Å². The monoisotopic (exact) mass is 172 g/mol. The summed E-state index contributed by atoms with van der Waals surface area (Å²) in [6.45, 7) is 8.97. The van der Waals surface area contributed by atoms with Gasteiger partial charge in [-0.2, -0.15) is 0 Å². The van der Waals surface area contributed by atoms with E-state index in [1.54, 1.807) is 0 Å². The molecule has 2 N–H and O–H groups in total. The van der Waals surface area contributed by atoms with Crippen LogP contribution in [0.4, 0.5) is 0 Å². The standard InChI is InChI=1S/C9H18NO2/c1-4-12-9(3)10-6-5-8(2)7-11/h5,9-11H,3-4,6-7H2,1-2H3/b8-5-.